The van der Waals surface area contributed by atoms with Gasteiger partial charge in [0.25, 0.3) is 0 Å². The van der Waals surface area contributed by atoms with Gasteiger partial charge in [0.15, 0.2) is 5.78 Å². The van der Waals surface area contributed by atoms with E-state index in [9.17, 15) is 9.59 Å². The Bertz CT molecular complexity index is 944. The number of benzene rings is 1. The highest BCUT2D eigenvalue weighted by Crippen LogP contribution is 2.47. The lowest BCUT2D eigenvalue weighted by Crippen LogP contribution is -2.32. The molecule has 0 saturated carbocycles. The maximum absolute atomic E-state index is 13.1. The maximum atomic E-state index is 13.1. The van der Waals surface area contributed by atoms with Gasteiger partial charge in [0.05, 0.1) is 13.0 Å². The standard InChI is InChI=1S/C21H19NO4S/c1-25-21(24)19-17(13-7-8-27-11-13)18-15(23)9-14(10-16(18)26-20(19)22)12-5-3-2-4-6-12/h2-8,11,14,17H,9-10,22H2,1H3/t14-,17-/m0/s1. The highest BCUT2D eigenvalue weighted by Gasteiger charge is 2.43. The van der Waals surface area contributed by atoms with Gasteiger partial charge in [0.1, 0.15) is 11.3 Å². The number of allylic oxidation sites excluding steroid dienone is 2. The lowest BCUT2D eigenvalue weighted by molar-refractivity contribution is -0.136. The van der Waals surface area contributed by atoms with Crippen LogP contribution in [0.5, 0.6) is 0 Å². The summed E-state index contributed by atoms with van der Waals surface area (Å²) in [5.41, 5.74) is 8.77. The van der Waals surface area contributed by atoms with Crippen LogP contribution < -0.4 is 5.73 Å². The van der Waals surface area contributed by atoms with Crippen LogP contribution in [0.2, 0.25) is 0 Å². The van der Waals surface area contributed by atoms with Gasteiger partial charge < -0.3 is 15.2 Å². The summed E-state index contributed by atoms with van der Waals surface area (Å²) >= 11 is 1.50. The van der Waals surface area contributed by atoms with Gasteiger partial charge in [0, 0.05) is 18.4 Å². The summed E-state index contributed by atoms with van der Waals surface area (Å²) in [5.74, 6) is -0.534. The zero-order chi connectivity index (χ0) is 19.0. The van der Waals surface area contributed by atoms with Crippen molar-refractivity contribution < 1.29 is 19.1 Å². The number of carbonyl (C=O) groups is 2. The number of thiophene rings is 1. The number of methoxy groups -OCH3 is 1. The molecule has 1 aromatic carbocycles. The molecule has 0 unspecified atom stereocenters. The molecule has 4 rings (SSSR count). The number of Topliss-reactive ketones (excluding diaryl/α,β-unsaturated/α-hetero) is 1. The third-order valence-electron chi connectivity index (χ3n) is 5.09. The number of hydrogen-bond acceptors (Lipinski definition) is 6. The molecule has 0 spiro atoms. The van der Waals surface area contributed by atoms with Crippen molar-refractivity contribution in [1.29, 1.82) is 0 Å². The van der Waals surface area contributed by atoms with Gasteiger partial charge in [-0.3, -0.25) is 4.79 Å². The van der Waals surface area contributed by atoms with E-state index in [0.717, 1.165) is 11.1 Å². The van der Waals surface area contributed by atoms with Gasteiger partial charge in [-0.2, -0.15) is 11.3 Å². The van der Waals surface area contributed by atoms with Crippen molar-refractivity contribution in [1.82, 2.24) is 0 Å². The van der Waals surface area contributed by atoms with E-state index >= 15 is 0 Å². The minimum absolute atomic E-state index is 0.0123. The van der Waals surface area contributed by atoms with Crippen LogP contribution >= 0.6 is 11.3 Å². The van der Waals surface area contributed by atoms with E-state index in [4.69, 9.17) is 15.2 Å². The Morgan fingerprint density at radius 2 is 1.96 bits per heavy atom. The van der Waals surface area contributed by atoms with Crippen LogP contribution in [0, 0.1) is 0 Å². The van der Waals surface area contributed by atoms with E-state index in [-0.39, 0.29) is 23.2 Å². The molecule has 5 nitrogen and oxygen atoms in total. The van der Waals surface area contributed by atoms with E-state index in [2.05, 4.69) is 0 Å². The second kappa shape index (κ2) is 7.04. The van der Waals surface area contributed by atoms with Crippen LogP contribution in [-0.2, 0) is 19.1 Å². The molecule has 2 aliphatic rings. The van der Waals surface area contributed by atoms with Crippen molar-refractivity contribution >= 4 is 23.1 Å². The van der Waals surface area contributed by atoms with E-state index in [1.165, 1.54) is 18.4 Å². The molecule has 0 saturated heterocycles. The van der Waals surface area contributed by atoms with E-state index in [1.807, 2.05) is 47.2 Å². The Kier molecular flexibility index (Phi) is 4.58. The second-order valence-electron chi connectivity index (χ2n) is 6.64. The average Bonchev–Trinajstić information content (AvgIpc) is 3.21. The molecule has 2 atom stereocenters. The molecule has 0 fully saturated rings. The summed E-state index contributed by atoms with van der Waals surface area (Å²) in [6.07, 6.45) is 0.947. The number of ether oxygens (including phenoxy) is 2. The third-order valence-corrected chi connectivity index (χ3v) is 5.79. The van der Waals surface area contributed by atoms with Crippen LogP contribution in [0.15, 0.2) is 69.9 Å². The Morgan fingerprint density at radius 3 is 2.63 bits per heavy atom. The lowest BCUT2D eigenvalue weighted by atomic mass is 9.74. The fourth-order valence-corrected chi connectivity index (χ4v) is 4.54. The van der Waals surface area contributed by atoms with Crippen LogP contribution in [-0.4, -0.2) is 18.9 Å². The molecule has 2 N–H and O–H groups in total. The maximum Gasteiger partial charge on any atom is 0.340 e. The highest BCUT2D eigenvalue weighted by molar-refractivity contribution is 7.08. The number of esters is 1. The number of hydrogen-bond donors (Lipinski definition) is 1. The number of carbonyl (C=O) groups excluding carboxylic acids is 2. The van der Waals surface area contributed by atoms with Crippen molar-refractivity contribution in [2.75, 3.05) is 7.11 Å². The topological polar surface area (TPSA) is 78.6 Å². The van der Waals surface area contributed by atoms with Crippen molar-refractivity contribution in [3.63, 3.8) is 0 Å². The molecular weight excluding hydrogens is 362 g/mol. The third kappa shape index (κ3) is 3.06. The van der Waals surface area contributed by atoms with Gasteiger partial charge >= 0.3 is 5.97 Å². The first kappa shape index (κ1) is 17.5. The smallest absolute Gasteiger partial charge is 0.340 e. The molecule has 2 aromatic rings. The fraction of sp³-hybridized carbons (Fsp3) is 0.238. The summed E-state index contributed by atoms with van der Waals surface area (Å²) in [5, 5.41) is 3.84. The molecule has 0 amide bonds. The minimum atomic E-state index is -0.576. The van der Waals surface area contributed by atoms with Gasteiger partial charge in [0.2, 0.25) is 5.88 Å². The predicted molar refractivity (Wildman–Crippen MR) is 102 cm³/mol. The molecule has 138 valence electrons. The first-order chi connectivity index (χ1) is 13.1. The van der Waals surface area contributed by atoms with Crippen LogP contribution in [0.1, 0.15) is 35.8 Å². The van der Waals surface area contributed by atoms with Crippen molar-refractivity contribution in [2.45, 2.75) is 24.7 Å². The zero-order valence-electron chi connectivity index (χ0n) is 14.8. The largest absolute Gasteiger partial charge is 0.465 e. The summed E-state index contributed by atoms with van der Waals surface area (Å²) in [4.78, 5) is 25.5. The molecule has 0 radical (unpaired) electrons. The van der Waals surface area contributed by atoms with Gasteiger partial charge in [-0.05, 0) is 33.9 Å². The normalized spacial score (nSPS) is 22.3. The molecule has 1 aliphatic carbocycles. The lowest BCUT2D eigenvalue weighted by Gasteiger charge is -2.34. The van der Waals surface area contributed by atoms with E-state index in [1.54, 1.807) is 0 Å². The SMILES string of the molecule is COC(=O)C1=C(N)OC2=C(C(=O)C[C@H](c3ccccc3)C2)[C@@H]1c1ccsc1. The molecule has 1 aromatic heterocycles. The summed E-state index contributed by atoms with van der Waals surface area (Å²) in [6.45, 7) is 0. The summed E-state index contributed by atoms with van der Waals surface area (Å²) < 4.78 is 10.7. The van der Waals surface area contributed by atoms with Gasteiger partial charge in [-0.25, -0.2) is 4.79 Å². The molecule has 6 heteroatoms. The van der Waals surface area contributed by atoms with Gasteiger partial charge in [-0.15, -0.1) is 0 Å². The molecular formula is C21H19NO4S. The second-order valence-corrected chi connectivity index (χ2v) is 7.42. The van der Waals surface area contributed by atoms with E-state index < -0.39 is 11.9 Å². The van der Waals surface area contributed by atoms with Crippen LogP contribution in [0.3, 0.4) is 0 Å². The Hall–Kier alpha value is -2.86. The minimum Gasteiger partial charge on any atom is -0.465 e. The number of rotatable bonds is 3. The summed E-state index contributed by atoms with van der Waals surface area (Å²) in [7, 11) is 1.30. The Morgan fingerprint density at radius 1 is 1.19 bits per heavy atom. The van der Waals surface area contributed by atoms with Crippen LogP contribution in [0.25, 0.3) is 0 Å². The number of nitrogens with two attached hydrogens (primary N) is 1. The van der Waals surface area contributed by atoms with Crippen LogP contribution in [0.4, 0.5) is 0 Å². The number of ketones is 1. The summed E-state index contributed by atoms with van der Waals surface area (Å²) in [6, 6.07) is 11.8. The first-order valence-electron chi connectivity index (χ1n) is 8.69. The van der Waals surface area contributed by atoms with Crippen molar-refractivity contribution in [2.24, 2.45) is 5.73 Å². The first-order valence-corrected chi connectivity index (χ1v) is 9.63. The molecule has 27 heavy (non-hydrogen) atoms. The Balaban J connectivity index is 1.79. The quantitative estimate of drug-likeness (QED) is 0.822. The Labute approximate surface area is 161 Å². The fourth-order valence-electron chi connectivity index (χ4n) is 3.85. The molecule has 1 aliphatic heterocycles. The average molecular weight is 381 g/mol. The zero-order valence-corrected chi connectivity index (χ0v) is 15.6. The molecule has 0 bridgehead atoms. The van der Waals surface area contributed by atoms with Gasteiger partial charge in [-0.1, -0.05) is 30.3 Å². The van der Waals surface area contributed by atoms with E-state index in [0.29, 0.717) is 24.2 Å². The molecule has 2 heterocycles. The predicted octanol–water partition coefficient (Wildman–Crippen LogP) is 3.61. The van der Waals surface area contributed by atoms with Crippen molar-refractivity contribution in [3.05, 3.63) is 81.1 Å². The van der Waals surface area contributed by atoms with Crippen molar-refractivity contribution in [3.8, 4) is 0 Å². The monoisotopic (exact) mass is 381 g/mol. The highest BCUT2D eigenvalue weighted by atomic mass is 32.1.